The third kappa shape index (κ3) is 2.25. The maximum absolute atomic E-state index is 11.4. The van der Waals surface area contributed by atoms with E-state index in [1.54, 1.807) is 30.5 Å². The summed E-state index contributed by atoms with van der Waals surface area (Å²) in [5.41, 5.74) is 0.744. The van der Waals surface area contributed by atoms with Crippen LogP contribution in [0.2, 0.25) is 0 Å². The quantitative estimate of drug-likeness (QED) is 0.765. The average molecular weight is 234 g/mol. The van der Waals surface area contributed by atoms with E-state index < -0.39 is 5.97 Å². The Kier molecular flexibility index (Phi) is 3.26. The fourth-order valence-corrected chi connectivity index (χ4v) is 1.91. The Balaban J connectivity index is 2.30. The van der Waals surface area contributed by atoms with Crippen molar-refractivity contribution in [3.05, 3.63) is 35.6 Å². The number of rotatable bonds is 3. The van der Waals surface area contributed by atoms with Gasteiger partial charge in [0.05, 0.1) is 17.2 Å². The van der Waals surface area contributed by atoms with Gasteiger partial charge < -0.3 is 4.74 Å². The highest BCUT2D eigenvalue weighted by Gasteiger charge is 2.11. The van der Waals surface area contributed by atoms with Crippen LogP contribution < -0.4 is 0 Å². The van der Waals surface area contributed by atoms with E-state index in [1.807, 2.05) is 17.5 Å². The fourth-order valence-electron chi connectivity index (χ4n) is 1.21. The van der Waals surface area contributed by atoms with Crippen LogP contribution in [0.1, 0.15) is 17.5 Å². The minimum atomic E-state index is -0.485. The molecule has 0 saturated heterocycles. The predicted octanol–water partition coefficient (Wildman–Crippen LogP) is 2.38. The Bertz CT molecular complexity index is 482. The van der Waals surface area contributed by atoms with Crippen LogP contribution in [0, 0.1) is 0 Å². The number of esters is 1. The van der Waals surface area contributed by atoms with Gasteiger partial charge in [-0.1, -0.05) is 6.07 Å². The minimum Gasteiger partial charge on any atom is -0.460 e. The molecule has 0 unspecified atom stereocenters. The van der Waals surface area contributed by atoms with Crippen molar-refractivity contribution in [2.24, 2.45) is 0 Å². The normalized spacial score (nSPS) is 10.1. The van der Waals surface area contributed by atoms with Crippen molar-refractivity contribution in [1.82, 2.24) is 9.97 Å². The molecule has 2 rings (SSSR count). The van der Waals surface area contributed by atoms with E-state index >= 15 is 0 Å². The Morgan fingerprint density at radius 3 is 3.06 bits per heavy atom. The summed E-state index contributed by atoms with van der Waals surface area (Å²) in [4.78, 5) is 20.5. The summed E-state index contributed by atoms with van der Waals surface area (Å²) in [6.07, 6.45) is 1.56. The molecule has 0 atom stereocenters. The summed E-state index contributed by atoms with van der Waals surface area (Å²) in [6, 6.07) is 5.66. The first-order chi connectivity index (χ1) is 7.81. The third-order valence-electron chi connectivity index (χ3n) is 1.89. The highest BCUT2D eigenvalue weighted by atomic mass is 32.1. The van der Waals surface area contributed by atoms with Gasteiger partial charge in [-0.3, -0.25) is 0 Å². The number of carbonyl (C=O) groups is 1. The van der Waals surface area contributed by atoms with E-state index in [9.17, 15) is 4.79 Å². The summed E-state index contributed by atoms with van der Waals surface area (Å²) >= 11 is 1.57. The molecular weight excluding hydrogens is 224 g/mol. The molecule has 0 aromatic carbocycles. The lowest BCUT2D eigenvalue weighted by atomic mass is 10.3. The zero-order valence-electron chi connectivity index (χ0n) is 8.71. The molecule has 0 aliphatic carbocycles. The Hall–Kier alpha value is -1.75. The topological polar surface area (TPSA) is 52.1 Å². The van der Waals surface area contributed by atoms with Gasteiger partial charge in [-0.2, -0.15) is 0 Å². The average Bonchev–Trinajstić information content (AvgIpc) is 2.83. The van der Waals surface area contributed by atoms with Crippen molar-refractivity contribution in [2.45, 2.75) is 6.92 Å². The van der Waals surface area contributed by atoms with E-state index in [4.69, 9.17) is 4.74 Å². The zero-order chi connectivity index (χ0) is 11.4. The second kappa shape index (κ2) is 4.85. The van der Waals surface area contributed by atoms with E-state index in [0.29, 0.717) is 6.61 Å². The van der Waals surface area contributed by atoms with Crippen LogP contribution in [-0.2, 0) is 4.74 Å². The van der Waals surface area contributed by atoms with E-state index in [0.717, 1.165) is 10.6 Å². The smallest absolute Gasteiger partial charge is 0.376 e. The standard InChI is InChI=1S/C11H10N2O2S/c1-2-15-11(14)10-12-6-5-8(13-10)9-4-3-7-16-9/h3-7H,2H2,1H3. The summed E-state index contributed by atoms with van der Waals surface area (Å²) < 4.78 is 4.84. The minimum absolute atomic E-state index is 0.104. The molecule has 4 nitrogen and oxygen atoms in total. The van der Waals surface area contributed by atoms with Gasteiger partial charge in [-0.05, 0) is 24.4 Å². The predicted molar refractivity (Wildman–Crippen MR) is 61.3 cm³/mol. The van der Waals surface area contributed by atoms with Crippen LogP contribution in [-0.4, -0.2) is 22.5 Å². The molecule has 0 bridgehead atoms. The molecule has 2 aromatic rings. The Morgan fingerprint density at radius 1 is 1.50 bits per heavy atom. The van der Waals surface area contributed by atoms with E-state index in [2.05, 4.69) is 9.97 Å². The number of ether oxygens (including phenoxy) is 1. The Morgan fingerprint density at radius 2 is 2.38 bits per heavy atom. The van der Waals surface area contributed by atoms with E-state index in [-0.39, 0.29) is 5.82 Å². The highest BCUT2D eigenvalue weighted by Crippen LogP contribution is 2.21. The maximum atomic E-state index is 11.4. The van der Waals surface area contributed by atoms with Crippen molar-refractivity contribution in [3.63, 3.8) is 0 Å². The molecule has 0 aliphatic rings. The molecular formula is C11H10N2O2S. The van der Waals surface area contributed by atoms with Gasteiger partial charge in [0.2, 0.25) is 5.82 Å². The lowest BCUT2D eigenvalue weighted by Gasteiger charge is -2.01. The van der Waals surface area contributed by atoms with Gasteiger partial charge in [0.15, 0.2) is 0 Å². The van der Waals surface area contributed by atoms with Gasteiger partial charge in [-0.15, -0.1) is 11.3 Å². The number of nitrogens with zero attached hydrogens (tertiary/aromatic N) is 2. The zero-order valence-corrected chi connectivity index (χ0v) is 9.53. The molecule has 5 heteroatoms. The number of hydrogen-bond acceptors (Lipinski definition) is 5. The molecule has 16 heavy (non-hydrogen) atoms. The van der Waals surface area contributed by atoms with Crippen LogP contribution in [0.5, 0.6) is 0 Å². The van der Waals surface area contributed by atoms with Crippen molar-refractivity contribution >= 4 is 17.3 Å². The summed E-state index contributed by atoms with van der Waals surface area (Å²) in [7, 11) is 0. The van der Waals surface area contributed by atoms with Crippen molar-refractivity contribution in [1.29, 1.82) is 0 Å². The van der Waals surface area contributed by atoms with Crippen molar-refractivity contribution in [3.8, 4) is 10.6 Å². The Labute approximate surface area is 96.9 Å². The van der Waals surface area contributed by atoms with E-state index in [1.165, 1.54) is 0 Å². The number of thiophene rings is 1. The summed E-state index contributed by atoms with van der Waals surface area (Å²) in [5, 5.41) is 1.96. The first-order valence-electron chi connectivity index (χ1n) is 4.85. The molecule has 82 valence electrons. The van der Waals surface area contributed by atoms with Gasteiger partial charge in [0, 0.05) is 6.20 Å². The molecule has 0 spiro atoms. The lowest BCUT2D eigenvalue weighted by molar-refractivity contribution is 0.0512. The second-order valence-corrected chi connectivity index (χ2v) is 3.91. The molecule has 0 saturated carbocycles. The SMILES string of the molecule is CCOC(=O)c1nccc(-c2cccs2)n1. The van der Waals surface area contributed by atoms with Crippen LogP contribution in [0.3, 0.4) is 0 Å². The molecule has 0 radical (unpaired) electrons. The van der Waals surface area contributed by atoms with Crippen LogP contribution >= 0.6 is 11.3 Å². The largest absolute Gasteiger partial charge is 0.460 e. The highest BCUT2D eigenvalue weighted by molar-refractivity contribution is 7.13. The molecule has 0 aliphatic heterocycles. The maximum Gasteiger partial charge on any atom is 0.376 e. The monoisotopic (exact) mass is 234 g/mol. The third-order valence-corrected chi connectivity index (χ3v) is 2.78. The fraction of sp³-hybridized carbons (Fsp3) is 0.182. The van der Waals surface area contributed by atoms with Gasteiger partial charge in [0.1, 0.15) is 0 Å². The van der Waals surface area contributed by atoms with Crippen LogP contribution in [0.25, 0.3) is 10.6 Å². The van der Waals surface area contributed by atoms with Gasteiger partial charge in [-0.25, -0.2) is 14.8 Å². The number of aromatic nitrogens is 2. The second-order valence-electron chi connectivity index (χ2n) is 2.96. The summed E-state index contributed by atoms with van der Waals surface area (Å²) in [6.45, 7) is 2.08. The molecule has 0 amide bonds. The summed E-state index contributed by atoms with van der Waals surface area (Å²) in [5.74, 6) is -0.381. The molecule has 2 aromatic heterocycles. The number of hydrogen-bond donors (Lipinski definition) is 0. The first-order valence-corrected chi connectivity index (χ1v) is 5.73. The van der Waals surface area contributed by atoms with Gasteiger partial charge >= 0.3 is 5.97 Å². The first kappa shape index (κ1) is 10.8. The van der Waals surface area contributed by atoms with Crippen LogP contribution in [0.4, 0.5) is 0 Å². The molecule has 2 heterocycles. The lowest BCUT2D eigenvalue weighted by Crippen LogP contribution is -2.09. The van der Waals surface area contributed by atoms with Crippen molar-refractivity contribution in [2.75, 3.05) is 6.61 Å². The van der Waals surface area contributed by atoms with Crippen LogP contribution in [0.15, 0.2) is 29.8 Å². The van der Waals surface area contributed by atoms with Gasteiger partial charge in [0.25, 0.3) is 0 Å². The van der Waals surface area contributed by atoms with Crippen molar-refractivity contribution < 1.29 is 9.53 Å². The molecule has 0 fully saturated rings. The number of carbonyl (C=O) groups excluding carboxylic acids is 1. The molecule has 0 N–H and O–H groups in total.